The van der Waals surface area contributed by atoms with Crippen LogP contribution in [-0.2, 0) is 9.84 Å². The molecule has 8 nitrogen and oxygen atoms in total. The number of hydrogen-bond donors (Lipinski definition) is 0. The van der Waals surface area contributed by atoms with E-state index in [1.165, 1.54) is 36.4 Å². The molecule has 0 aliphatic rings. The van der Waals surface area contributed by atoms with Crippen LogP contribution < -0.4 is 0 Å². The van der Waals surface area contributed by atoms with E-state index in [4.69, 9.17) is 4.52 Å². The standard InChI is InChI=1S/C22H14N2O6S/c25-20(15-7-3-1-4-8-15)19-22(31(28,29)18-9-5-2-6-10-18)21(30-23-19)16-11-13-17(14-12-16)24(26)27/h1-14H. The molecule has 31 heavy (non-hydrogen) atoms. The van der Waals surface area contributed by atoms with Gasteiger partial charge in [0.25, 0.3) is 5.69 Å². The molecule has 0 saturated carbocycles. The Kier molecular flexibility index (Phi) is 5.18. The van der Waals surface area contributed by atoms with Crippen molar-refractivity contribution in [1.29, 1.82) is 0 Å². The lowest BCUT2D eigenvalue weighted by molar-refractivity contribution is -0.384. The first-order valence-corrected chi connectivity index (χ1v) is 10.5. The van der Waals surface area contributed by atoms with E-state index >= 15 is 0 Å². The number of ketones is 1. The molecule has 0 unspecified atom stereocenters. The summed E-state index contributed by atoms with van der Waals surface area (Å²) in [4.78, 5) is 23.0. The first-order valence-electron chi connectivity index (χ1n) is 9.04. The van der Waals surface area contributed by atoms with Gasteiger partial charge in [-0.2, -0.15) is 0 Å². The second kappa shape index (κ2) is 7.96. The van der Waals surface area contributed by atoms with Crippen molar-refractivity contribution in [2.24, 2.45) is 0 Å². The minimum Gasteiger partial charge on any atom is -0.354 e. The normalized spacial score (nSPS) is 11.2. The SMILES string of the molecule is O=C(c1ccccc1)c1noc(-c2ccc([N+](=O)[O-])cc2)c1S(=O)(=O)c1ccccc1. The van der Waals surface area contributed by atoms with E-state index in [2.05, 4.69) is 5.16 Å². The van der Waals surface area contributed by atoms with Crippen molar-refractivity contribution in [2.75, 3.05) is 0 Å². The lowest BCUT2D eigenvalue weighted by Crippen LogP contribution is -2.11. The number of sulfone groups is 1. The monoisotopic (exact) mass is 434 g/mol. The zero-order valence-electron chi connectivity index (χ0n) is 15.8. The minimum atomic E-state index is -4.20. The minimum absolute atomic E-state index is 0.0385. The number of aromatic nitrogens is 1. The molecule has 0 fully saturated rings. The number of hydrogen-bond acceptors (Lipinski definition) is 7. The molecule has 0 bridgehead atoms. The molecule has 3 aromatic carbocycles. The van der Waals surface area contributed by atoms with Crippen molar-refractivity contribution in [1.82, 2.24) is 5.16 Å². The van der Waals surface area contributed by atoms with Crippen molar-refractivity contribution in [2.45, 2.75) is 9.79 Å². The van der Waals surface area contributed by atoms with Gasteiger partial charge in [0.15, 0.2) is 16.3 Å². The molecule has 4 rings (SSSR count). The molecule has 154 valence electrons. The number of rotatable bonds is 6. The Morgan fingerprint density at radius 1 is 0.871 bits per heavy atom. The molecule has 4 aromatic rings. The van der Waals surface area contributed by atoms with E-state index in [0.29, 0.717) is 0 Å². The predicted molar refractivity (Wildman–Crippen MR) is 110 cm³/mol. The number of non-ortho nitro benzene ring substituents is 1. The molecular weight excluding hydrogens is 420 g/mol. The number of nitrogens with zero attached hydrogens (tertiary/aromatic N) is 2. The third kappa shape index (κ3) is 3.74. The molecule has 0 spiro atoms. The van der Waals surface area contributed by atoms with E-state index in [1.807, 2.05) is 0 Å². The van der Waals surface area contributed by atoms with Crippen molar-refractivity contribution >= 4 is 21.3 Å². The van der Waals surface area contributed by atoms with Gasteiger partial charge in [0.1, 0.15) is 0 Å². The summed E-state index contributed by atoms with van der Waals surface area (Å²) in [6, 6.07) is 20.8. The zero-order valence-corrected chi connectivity index (χ0v) is 16.7. The highest BCUT2D eigenvalue weighted by Gasteiger charge is 2.34. The highest BCUT2D eigenvalue weighted by molar-refractivity contribution is 7.91. The molecule has 1 aromatic heterocycles. The van der Waals surface area contributed by atoms with Crippen molar-refractivity contribution < 1.29 is 22.7 Å². The summed E-state index contributed by atoms with van der Waals surface area (Å²) in [6.45, 7) is 0. The zero-order chi connectivity index (χ0) is 22.0. The Bertz CT molecular complexity index is 1360. The van der Waals surface area contributed by atoms with Crippen LogP contribution >= 0.6 is 0 Å². The topological polar surface area (TPSA) is 120 Å². The van der Waals surface area contributed by atoms with Crippen LogP contribution in [0.3, 0.4) is 0 Å². The van der Waals surface area contributed by atoms with Crippen LogP contribution in [0.1, 0.15) is 16.1 Å². The quantitative estimate of drug-likeness (QED) is 0.252. The van der Waals surface area contributed by atoms with E-state index < -0.39 is 20.5 Å². The predicted octanol–water partition coefficient (Wildman–Crippen LogP) is 4.31. The van der Waals surface area contributed by atoms with Gasteiger partial charge in [-0.05, 0) is 24.3 Å². The average Bonchev–Trinajstić information content (AvgIpc) is 3.26. The van der Waals surface area contributed by atoms with Crippen LogP contribution in [0.5, 0.6) is 0 Å². The third-order valence-electron chi connectivity index (χ3n) is 4.56. The van der Waals surface area contributed by atoms with E-state index in [1.54, 1.807) is 48.5 Å². The maximum absolute atomic E-state index is 13.5. The molecular formula is C22H14N2O6S. The largest absolute Gasteiger partial charge is 0.354 e. The van der Waals surface area contributed by atoms with E-state index in [0.717, 1.165) is 0 Å². The summed E-state index contributed by atoms with van der Waals surface area (Å²) in [5, 5.41) is 14.7. The molecule has 0 amide bonds. The highest BCUT2D eigenvalue weighted by atomic mass is 32.2. The van der Waals surface area contributed by atoms with Gasteiger partial charge in [-0.15, -0.1) is 0 Å². The smallest absolute Gasteiger partial charge is 0.269 e. The van der Waals surface area contributed by atoms with Gasteiger partial charge in [-0.25, -0.2) is 8.42 Å². The summed E-state index contributed by atoms with van der Waals surface area (Å²) < 4.78 is 32.2. The van der Waals surface area contributed by atoms with E-state index in [9.17, 15) is 23.3 Å². The van der Waals surface area contributed by atoms with Crippen molar-refractivity contribution in [3.63, 3.8) is 0 Å². The van der Waals surface area contributed by atoms with Gasteiger partial charge in [0.2, 0.25) is 15.6 Å². The summed E-state index contributed by atoms with van der Waals surface area (Å²) >= 11 is 0. The Morgan fingerprint density at radius 3 is 2.03 bits per heavy atom. The molecule has 0 aliphatic carbocycles. The molecule has 1 heterocycles. The van der Waals surface area contributed by atoms with Gasteiger partial charge in [0.05, 0.1) is 9.82 Å². The summed E-state index contributed by atoms with van der Waals surface area (Å²) in [6.07, 6.45) is 0. The van der Waals surface area contributed by atoms with Crippen LogP contribution in [0.2, 0.25) is 0 Å². The van der Waals surface area contributed by atoms with E-state index in [-0.39, 0.29) is 38.1 Å². The van der Waals surface area contributed by atoms with Gasteiger partial charge in [0, 0.05) is 23.3 Å². The number of nitro benzene ring substituents is 1. The molecule has 0 aliphatic heterocycles. The summed E-state index contributed by atoms with van der Waals surface area (Å²) in [7, 11) is -4.20. The first kappa shape index (κ1) is 20.2. The molecule has 0 radical (unpaired) electrons. The Morgan fingerprint density at radius 2 is 1.45 bits per heavy atom. The maximum Gasteiger partial charge on any atom is 0.269 e. The van der Waals surface area contributed by atoms with Crippen molar-refractivity contribution in [3.05, 3.63) is 106 Å². The lowest BCUT2D eigenvalue weighted by Gasteiger charge is -2.06. The van der Waals surface area contributed by atoms with Crippen LogP contribution in [0.15, 0.2) is 99.2 Å². The fraction of sp³-hybridized carbons (Fsp3) is 0. The number of nitro groups is 1. The fourth-order valence-corrected chi connectivity index (χ4v) is 4.57. The average molecular weight is 434 g/mol. The molecule has 0 N–H and O–H groups in total. The fourth-order valence-electron chi connectivity index (χ4n) is 3.04. The van der Waals surface area contributed by atoms with Gasteiger partial charge < -0.3 is 4.52 Å². The molecule has 9 heteroatoms. The summed E-state index contributed by atoms with van der Waals surface area (Å²) in [5.41, 5.74) is -0.0463. The van der Waals surface area contributed by atoms with Crippen LogP contribution in [0, 0.1) is 10.1 Å². The lowest BCUT2D eigenvalue weighted by atomic mass is 10.1. The number of carbonyl (C=O) groups excluding carboxylic acids is 1. The van der Waals surface area contributed by atoms with Gasteiger partial charge in [-0.1, -0.05) is 53.7 Å². The van der Waals surface area contributed by atoms with Crippen LogP contribution in [0.25, 0.3) is 11.3 Å². The van der Waals surface area contributed by atoms with Crippen LogP contribution in [-0.4, -0.2) is 24.3 Å². The Labute approximate surface area is 176 Å². The van der Waals surface area contributed by atoms with Crippen LogP contribution in [0.4, 0.5) is 5.69 Å². The second-order valence-electron chi connectivity index (χ2n) is 6.51. The molecule has 0 atom stereocenters. The first-order chi connectivity index (χ1) is 14.9. The molecule has 0 saturated heterocycles. The Hall–Kier alpha value is -4.11. The highest BCUT2D eigenvalue weighted by Crippen LogP contribution is 2.35. The van der Waals surface area contributed by atoms with Gasteiger partial charge >= 0.3 is 0 Å². The number of carbonyl (C=O) groups is 1. The second-order valence-corrected chi connectivity index (χ2v) is 8.39. The third-order valence-corrected chi connectivity index (χ3v) is 6.37. The summed E-state index contributed by atoms with van der Waals surface area (Å²) in [5.74, 6) is -0.787. The number of benzene rings is 3. The van der Waals surface area contributed by atoms with Gasteiger partial charge in [-0.3, -0.25) is 14.9 Å². The van der Waals surface area contributed by atoms with Crippen molar-refractivity contribution in [3.8, 4) is 11.3 Å². The maximum atomic E-state index is 13.5. The Balaban J connectivity index is 1.94.